The number of phosphoric ester groups is 1. The van der Waals surface area contributed by atoms with Crippen LogP contribution < -0.4 is 5.73 Å². The first-order valence-electron chi connectivity index (χ1n) is 29.0. The van der Waals surface area contributed by atoms with Crippen molar-refractivity contribution in [1.29, 1.82) is 0 Å². The van der Waals surface area contributed by atoms with Crippen LogP contribution in [0.4, 0.5) is 0 Å². The van der Waals surface area contributed by atoms with Crippen LogP contribution in [0, 0.1) is 0 Å². The van der Waals surface area contributed by atoms with Crippen LogP contribution in [0.15, 0.2) is 158 Å². The molecule has 0 fully saturated rings. The Morgan fingerprint density at radius 1 is 0.413 bits per heavy atom. The molecule has 3 N–H and O–H groups in total. The van der Waals surface area contributed by atoms with Gasteiger partial charge in [-0.15, -0.1) is 0 Å². The summed E-state index contributed by atoms with van der Waals surface area (Å²) in [7, 11) is -4.40. The van der Waals surface area contributed by atoms with Crippen molar-refractivity contribution in [3.8, 4) is 0 Å². The molecule has 0 aliphatic heterocycles. The van der Waals surface area contributed by atoms with Crippen LogP contribution in [0.3, 0.4) is 0 Å². The first kappa shape index (κ1) is 70.6. The Kier molecular flexibility index (Phi) is 55.5. The lowest BCUT2D eigenvalue weighted by atomic mass is 10.1. The van der Waals surface area contributed by atoms with Gasteiger partial charge in [-0.05, 0) is 128 Å². The van der Waals surface area contributed by atoms with Crippen molar-refractivity contribution in [2.75, 3.05) is 26.4 Å². The van der Waals surface area contributed by atoms with Gasteiger partial charge in [0.1, 0.15) is 6.61 Å². The van der Waals surface area contributed by atoms with Crippen LogP contribution in [0.5, 0.6) is 0 Å². The predicted molar refractivity (Wildman–Crippen MR) is 320 cm³/mol. The van der Waals surface area contributed by atoms with Crippen molar-refractivity contribution < 1.29 is 37.6 Å². The topological polar surface area (TPSA) is 134 Å². The highest BCUT2D eigenvalue weighted by molar-refractivity contribution is 7.47. The molecule has 0 aliphatic rings. The third kappa shape index (κ3) is 58.7. The van der Waals surface area contributed by atoms with Crippen LogP contribution in [0.25, 0.3) is 0 Å². The second-order valence-electron chi connectivity index (χ2n) is 18.4. The van der Waals surface area contributed by atoms with Crippen molar-refractivity contribution >= 4 is 19.8 Å². The minimum absolute atomic E-state index is 0.0399. The first-order valence-corrected chi connectivity index (χ1v) is 30.5. The maximum atomic E-state index is 12.7. The molecule has 0 aromatic rings. The van der Waals surface area contributed by atoms with Gasteiger partial charge in [-0.25, -0.2) is 4.57 Å². The van der Waals surface area contributed by atoms with Gasteiger partial charge in [0, 0.05) is 19.4 Å². The van der Waals surface area contributed by atoms with E-state index >= 15 is 0 Å². The number of carbonyl (C=O) groups is 2. The fourth-order valence-corrected chi connectivity index (χ4v) is 7.90. The summed E-state index contributed by atoms with van der Waals surface area (Å²) in [6.45, 7) is 3.54. The summed E-state index contributed by atoms with van der Waals surface area (Å²) < 4.78 is 32.9. The molecule has 0 spiro atoms. The number of hydrogen-bond acceptors (Lipinski definition) is 8. The van der Waals surface area contributed by atoms with E-state index in [1.54, 1.807) is 0 Å². The van der Waals surface area contributed by atoms with E-state index in [2.05, 4.69) is 172 Å². The maximum absolute atomic E-state index is 12.7. The van der Waals surface area contributed by atoms with E-state index in [1.165, 1.54) is 32.1 Å². The van der Waals surface area contributed by atoms with Gasteiger partial charge in [-0.1, -0.05) is 223 Å². The summed E-state index contributed by atoms with van der Waals surface area (Å²) in [5.74, 6) is -0.880. The minimum Gasteiger partial charge on any atom is -0.462 e. The van der Waals surface area contributed by atoms with Crippen LogP contribution in [-0.4, -0.2) is 49.3 Å². The average molecular weight is 1060 g/mol. The van der Waals surface area contributed by atoms with Crippen molar-refractivity contribution in [1.82, 2.24) is 0 Å². The molecule has 10 heteroatoms. The molecule has 0 saturated heterocycles. The standard InChI is InChI=1S/C65H104NO8P/c1-3-5-7-9-11-13-15-17-18-19-20-21-22-23-24-25-26-27-28-29-30-31-32-33-34-35-36-37-38-39-40-41-42-43-44-46-48-50-52-54-56-58-65(68)74-63(62-73-75(69,70)72-60-59-66)61-71-64(67)57-55-53-51-49-47-45-16-14-12-10-8-6-4-2/h5,7,11,13-14,16-18,20-21,23-24,26-27,29-30,32-33,35-36,38-39,41-42,44,46,63H,3-4,6,8-10,12,15,19,22,25,28,31,34,37,40,43,45,47-62,66H2,1-2H3,(H,69,70)/b7-5-,13-11-,16-14-,18-17-,21-20-,24-23-,27-26-,30-29-,33-32-,36-35-,39-38-,42-41-,46-44-. The number of phosphoric acid groups is 1. The van der Waals surface area contributed by atoms with Crippen molar-refractivity contribution in [2.45, 2.75) is 213 Å². The van der Waals surface area contributed by atoms with Gasteiger partial charge in [0.2, 0.25) is 0 Å². The molecule has 0 bridgehead atoms. The highest BCUT2D eigenvalue weighted by Gasteiger charge is 2.26. The number of nitrogens with two attached hydrogens (primary N) is 1. The molecular formula is C65H104NO8P. The zero-order valence-electron chi connectivity index (χ0n) is 47.0. The van der Waals surface area contributed by atoms with Gasteiger partial charge in [0.15, 0.2) is 6.10 Å². The monoisotopic (exact) mass is 1060 g/mol. The summed E-state index contributed by atoms with van der Waals surface area (Å²) in [5, 5.41) is 0. The molecular weight excluding hydrogens is 954 g/mol. The summed E-state index contributed by atoms with van der Waals surface area (Å²) in [6, 6.07) is 0. The molecule has 0 amide bonds. The summed E-state index contributed by atoms with van der Waals surface area (Å²) in [5.41, 5.74) is 5.36. The number of allylic oxidation sites excluding steroid dienone is 26. The molecule has 0 rings (SSSR count). The Bertz CT molecular complexity index is 1780. The fraction of sp³-hybridized carbons (Fsp3) is 0.569. The number of ether oxygens (including phenoxy) is 2. The Morgan fingerprint density at radius 3 is 1.11 bits per heavy atom. The Morgan fingerprint density at radius 2 is 0.733 bits per heavy atom. The third-order valence-electron chi connectivity index (χ3n) is 11.4. The number of esters is 2. The lowest BCUT2D eigenvalue weighted by Gasteiger charge is -2.19. The average Bonchev–Trinajstić information content (AvgIpc) is 3.40. The molecule has 0 heterocycles. The van der Waals surface area contributed by atoms with Crippen LogP contribution in [-0.2, 0) is 32.7 Å². The third-order valence-corrected chi connectivity index (χ3v) is 12.4. The van der Waals surface area contributed by atoms with E-state index in [4.69, 9.17) is 24.3 Å². The molecule has 0 aromatic carbocycles. The molecule has 0 aromatic heterocycles. The van der Waals surface area contributed by atoms with Gasteiger partial charge in [-0.2, -0.15) is 0 Å². The quantitative estimate of drug-likeness (QED) is 0.0264. The molecule has 2 atom stereocenters. The normalized spacial score (nSPS) is 14.2. The van der Waals surface area contributed by atoms with E-state index in [1.807, 2.05) is 0 Å². The van der Waals surface area contributed by atoms with Crippen LogP contribution in [0.1, 0.15) is 206 Å². The predicted octanol–water partition coefficient (Wildman–Crippen LogP) is 18.5. The van der Waals surface area contributed by atoms with Crippen molar-refractivity contribution in [2.24, 2.45) is 5.73 Å². The molecule has 0 saturated carbocycles. The molecule has 9 nitrogen and oxygen atoms in total. The number of carbonyl (C=O) groups excluding carboxylic acids is 2. The number of unbranched alkanes of at least 4 members (excludes halogenated alkanes) is 13. The summed E-state index contributed by atoms with van der Waals surface area (Å²) >= 11 is 0. The molecule has 2 unspecified atom stereocenters. The zero-order valence-corrected chi connectivity index (χ0v) is 47.9. The van der Waals surface area contributed by atoms with Crippen molar-refractivity contribution in [3.05, 3.63) is 158 Å². The molecule has 422 valence electrons. The summed E-state index contributed by atoms with van der Waals surface area (Å²) in [4.78, 5) is 35.0. The maximum Gasteiger partial charge on any atom is 0.472 e. The zero-order chi connectivity index (χ0) is 54.5. The van der Waals surface area contributed by atoms with Crippen LogP contribution >= 0.6 is 7.82 Å². The lowest BCUT2D eigenvalue weighted by Crippen LogP contribution is -2.29. The largest absolute Gasteiger partial charge is 0.472 e. The van der Waals surface area contributed by atoms with E-state index in [-0.39, 0.29) is 32.6 Å². The SMILES string of the molecule is CC/C=C\C/C=C\C/C=C\C/C=C\C/C=C\C/C=C\C/C=C\C/C=C\C/C=C\C/C=C\C/C=C\C/C=C\CCCCCCC(=O)OC(COC(=O)CCCCCCC/C=C\CCCCCC)COP(=O)(O)OCCN. The van der Waals surface area contributed by atoms with Gasteiger partial charge in [0.25, 0.3) is 0 Å². The Labute approximate surface area is 458 Å². The second kappa shape index (κ2) is 58.9. The summed E-state index contributed by atoms with van der Waals surface area (Å²) in [6.07, 6.45) is 85.9. The van der Waals surface area contributed by atoms with Crippen molar-refractivity contribution in [3.63, 3.8) is 0 Å². The van der Waals surface area contributed by atoms with E-state index in [0.29, 0.717) is 12.8 Å². The van der Waals surface area contributed by atoms with E-state index < -0.39 is 32.5 Å². The van der Waals surface area contributed by atoms with Gasteiger partial charge < -0.3 is 20.1 Å². The van der Waals surface area contributed by atoms with Gasteiger partial charge in [0.05, 0.1) is 13.2 Å². The molecule has 75 heavy (non-hydrogen) atoms. The van der Waals surface area contributed by atoms with Gasteiger partial charge >= 0.3 is 19.8 Å². The molecule has 0 radical (unpaired) electrons. The highest BCUT2D eigenvalue weighted by atomic mass is 31.2. The minimum atomic E-state index is -4.40. The molecule has 0 aliphatic carbocycles. The van der Waals surface area contributed by atoms with E-state index in [0.717, 1.165) is 135 Å². The lowest BCUT2D eigenvalue weighted by molar-refractivity contribution is -0.161. The first-order chi connectivity index (χ1) is 36.8. The van der Waals surface area contributed by atoms with Crippen LogP contribution in [0.2, 0.25) is 0 Å². The second-order valence-corrected chi connectivity index (χ2v) is 19.9. The van der Waals surface area contributed by atoms with Gasteiger partial charge in [-0.3, -0.25) is 18.6 Å². The number of hydrogen-bond donors (Lipinski definition) is 2. The number of rotatable bonds is 52. The Hall–Kier alpha value is -4.37. The smallest absolute Gasteiger partial charge is 0.462 e. The Balaban J connectivity index is 4.06. The van der Waals surface area contributed by atoms with E-state index in [9.17, 15) is 19.0 Å². The highest BCUT2D eigenvalue weighted by Crippen LogP contribution is 2.43. The fourth-order valence-electron chi connectivity index (χ4n) is 7.14.